The number of hydrogen-bond acceptors (Lipinski definition) is 1. The van der Waals surface area contributed by atoms with Crippen LogP contribution in [0.4, 0.5) is 4.39 Å². The van der Waals surface area contributed by atoms with Crippen LogP contribution in [0.25, 0.3) is 11.0 Å². The number of imidazole rings is 1. The summed E-state index contributed by atoms with van der Waals surface area (Å²) in [5.74, 6) is 0.284. The zero-order valence-corrected chi connectivity index (χ0v) is 13.0. The van der Waals surface area contributed by atoms with Gasteiger partial charge in [-0.3, -0.25) is 0 Å². The van der Waals surface area contributed by atoms with E-state index in [1.165, 1.54) is 6.07 Å². The van der Waals surface area contributed by atoms with Gasteiger partial charge in [0, 0.05) is 11.6 Å². The second kappa shape index (κ2) is 4.95. The fourth-order valence-corrected chi connectivity index (χ4v) is 2.46. The molecule has 5 heteroatoms. The molecule has 0 amide bonds. The van der Waals surface area contributed by atoms with Crippen molar-refractivity contribution in [3.8, 4) is 0 Å². The fraction of sp³-hybridized carbons (Fsp3) is 0.500. The Labute approximate surface area is 122 Å². The Morgan fingerprint density at radius 3 is 2.58 bits per heavy atom. The average molecular weight is 303 g/mol. The maximum absolute atomic E-state index is 13.6. The summed E-state index contributed by atoms with van der Waals surface area (Å²) in [7, 11) is 0. The predicted molar refractivity (Wildman–Crippen MR) is 78.6 cm³/mol. The molecule has 0 aliphatic rings. The van der Waals surface area contributed by atoms with Gasteiger partial charge in [-0.05, 0) is 33.3 Å². The van der Waals surface area contributed by atoms with Crippen LogP contribution in [0.1, 0.15) is 45.3 Å². The third-order valence-electron chi connectivity index (χ3n) is 3.55. The van der Waals surface area contributed by atoms with Crippen molar-refractivity contribution in [3.05, 3.63) is 28.8 Å². The lowest BCUT2D eigenvalue weighted by atomic mass is 10.0. The van der Waals surface area contributed by atoms with Gasteiger partial charge in [0.25, 0.3) is 0 Å². The molecule has 0 radical (unpaired) electrons. The van der Waals surface area contributed by atoms with Gasteiger partial charge in [-0.1, -0.05) is 18.5 Å². The third kappa shape index (κ3) is 2.46. The van der Waals surface area contributed by atoms with Crippen LogP contribution >= 0.6 is 23.2 Å². The van der Waals surface area contributed by atoms with E-state index in [0.29, 0.717) is 5.52 Å². The van der Waals surface area contributed by atoms with E-state index < -0.39 is 5.82 Å². The number of hydrogen-bond donors (Lipinski definition) is 0. The van der Waals surface area contributed by atoms with E-state index in [1.54, 1.807) is 6.07 Å². The minimum Gasteiger partial charge on any atom is -0.321 e. The van der Waals surface area contributed by atoms with Crippen LogP contribution < -0.4 is 0 Å². The second-order valence-electron chi connectivity index (χ2n) is 5.34. The Hall–Kier alpha value is -0.800. The van der Waals surface area contributed by atoms with Gasteiger partial charge in [0.05, 0.1) is 21.4 Å². The molecule has 2 aromatic rings. The van der Waals surface area contributed by atoms with E-state index >= 15 is 0 Å². The summed E-state index contributed by atoms with van der Waals surface area (Å²) < 4.78 is 15.6. The Morgan fingerprint density at radius 1 is 1.42 bits per heavy atom. The van der Waals surface area contributed by atoms with Gasteiger partial charge in [0.1, 0.15) is 11.6 Å². The van der Waals surface area contributed by atoms with Crippen LogP contribution in [0, 0.1) is 5.82 Å². The van der Waals surface area contributed by atoms with Crippen LogP contribution in [0.2, 0.25) is 5.02 Å². The van der Waals surface area contributed by atoms with Crippen LogP contribution in [0.15, 0.2) is 12.1 Å². The Bertz CT molecular complexity index is 617. The van der Waals surface area contributed by atoms with Crippen LogP contribution in [0.3, 0.4) is 0 Å². The third-order valence-corrected chi connectivity index (χ3v) is 4.03. The molecule has 0 aliphatic carbocycles. The zero-order valence-electron chi connectivity index (χ0n) is 11.5. The highest BCUT2D eigenvalue weighted by atomic mass is 35.5. The molecule has 1 atom stereocenters. The Kier molecular flexibility index (Phi) is 3.80. The molecular weight excluding hydrogens is 286 g/mol. The van der Waals surface area contributed by atoms with Crippen molar-refractivity contribution in [3.63, 3.8) is 0 Å². The highest BCUT2D eigenvalue weighted by Crippen LogP contribution is 2.34. The Morgan fingerprint density at radius 2 is 2.05 bits per heavy atom. The molecule has 1 unspecified atom stereocenters. The summed E-state index contributed by atoms with van der Waals surface area (Å²) >= 11 is 12.1. The van der Waals surface area contributed by atoms with E-state index in [0.717, 1.165) is 17.8 Å². The molecule has 1 heterocycles. The van der Waals surface area contributed by atoms with Crippen molar-refractivity contribution in [1.82, 2.24) is 9.55 Å². The molecule has 1 aromatic carbocycles. The maximum atomic E-state index is 13.6. The number of halogens is 3. The van der Waals surface area contributed by atoms with Crippen LogP contribution in [0.5, 0.6) is 0 Å². The highest BCUT2D eigenvalue weighted by Gasteiger charge is 2.26. The molecule has 2 rings (SSSR count). The number of rotatable bonds is 3. The molecule has 1 aromatic heterocycles. The standard InChI is InChI=1S/C14H17Cl2FN2/c1-5-14(3,4)19-12-6-9(16)10(17)7-11(12)18-13(19)8(2)15/h6-8H,5H2,1-4H3. The maximum Gasteiger partial charge on any atom is 0.144 e. The summed E-state index contributed by atoms with van der Waals surface area (Å²) in [6.45, 7) is 8.17. The lowest BCUT2D eigenvalue weighted by Gasteiger charge is -2.28. The molecule has 0 N–H and O–H groups in total. The van der Waals surface area contributed by atoms with Gasteiger partial charge < -0.3 is 4.57 Å². The van der Waals surface area contributed by atoms with Crippen molar-refractivity contribution >= 4 is 34.2 Å². The molecule has 2 nitrogen and oxygen atoms in total. The van der Waals surface area contributed by atoms with Crippen molar-refractivity contribution in [2.75, 3.05) is 0 Å². The average Bonchev–Trinajstić information content (AvgIpc) is 2.69. The first kappa shape index (κ1) is 14.6. The minimum atomic E-state index is -0.457. The molecule has 0 aliphatic heterocycles. The smallest absolute Gasteiger partial charge is 0.144 e. The van der Waals surface area contributed by atoms with Crippen LogP contribution in [-0.2, 0) is 5.54 Å². The summed E-state index contributed by atoms with van der Waals surface area (Å²) in [6.07, 6.45) is 0.907. The molecule has 0 bridgehead atoms. The minimum absolute atomic E-state index is 0.106. The van der Waals surface area contributed by atoms with Crippen molar-refractivity contribution in [2.45, 2.75) is 45.0 Å². The van der Waals surface area contributed by atoms with E-state index in [4.69, 9.17) is 23.2 Å². The topological polar surface area (TPSA) is 17.8 Å². The normalized spacial score (nSPS) is 14.1. The van der Waals surface area contributed by atoms with Crippen molar-refractivity contribution in [2.24, 2.45) is 0 Å². The van der Waals surface area contributed by atoms with Gasteiger partial charge in [-0.2, -0.15) is 0 Å². The van der Waals surface area contributed by atoms with Crippen molar-refractivity contribution in [1.29, 1.82) is 0 Å². The van der Waals surface area contributed by atoms with Gasteiger partial charge in [0.15, 0.2) is 0 Å². The first-order valence-electron chi connectivity index (χ1n) is 6.30. The number of nitrogens with zero attached hydrogens (tertiary/aromatic N) is 2. The van der Waals surface area contributed by atoms with Gasteiger partial charge in [0.2, 0.25) is 0 Å². The molecular formula is C14H17Cl2FN2. The monoisotopic (exact) mass is 302 g/mol. The summed E-state index contributed by atoms with van der Waals surface area (Å²) in [4.78, 5) is 4.46. The van der Waals surface area contributed by atoms with Crippen molar-refractivity contribution < 1.29 is 4.39 Å². The number of benzene rings is 1. The van der Waals surface area contributed by atoms with E-state index in [9.17, 15) is 4.39 Å². The van der Waals surface area contributed by atoms with E-state index in [-0.39, 0.29) is 15.9 Å². The highest BCUT2D eigenvalue weighted by molar-refractivity contribution is 6.31. The fourth-order valence-electron chi connectivity index (χ4n) is 2.15. The molecule has 0 saturated carbocycles. The van der Waals surface area contributed by atoms with E-state index in [1.807, 2.05) is 6.92 Å². The first-order valence-corrected chi connectivity index (χ1v) is 7.11. The Balaban J connectivity index is 2.84. The predicted octanol–water partition coefficient (Wildman–Crippen LogP) is 5.27. The lowest BCUT2D eigenvalue weighted by Crippen LogP contribution is -2.27. The number of fused-ring (bicyclic) bond motifs is 1. The number of aromatic nitrogens is 2. The zero-order chi connectivity index (χ0) is 14.4. The molecule has 0 spiro atoms. The molecule has 0 saturated heterocycles. The van der Waals surface area contributed by atoms with Crippen LogP contribution in [-0.4, -0.2) is 9.55 Å². The second-order valence-corrected chi connectivity index (χ2v) is 6.40. The summed E-state index contributed by atoms with van der Waals surface area (Å²) in [5.41, 5.74) is 1.25. The largest absolute Gasteiger partial charge is 0.321 e. The van der Waals surface area contributed by atoms with Gasteiger partial charge in [-0.15, -0.1) is 11.6 Å². The van der Waals surface area contributed by atoms with E-state index in [2.05, 4.69) is 30.3 Å². The molecule has 19 heavy (non-hydrogen) atoms. The summed E-state index contributed by atoms with van der Waals surface area (Å²) in [6, 6.07) is 2.99. The first-order chi connectivity index (χ1) is 8.77. The summed E-state index contributed by atoms with van der Waals surface area (Å²) in [5, 5.41) is -0.144. The van der Waals surface area contributed by atoms with Gasteiger partial charge in [-0.25, -0.2) is 9.37 Å². The quantitative estimate of drug-likeness (QED) is 0.706. The number of alkyl halides is 1. The molecule has 0 fully saturated rings. The SMILES string of the molecule is CCC(C)(C)n1c(C(C)Cl)nc2cc(F)c(Cl)cc21. The van der Waals surface area contributed by atoms with Gasteiger partial charge >= 0.3 is 0 Å². The lowest BCUT2D eigenvalue weighted by molar-refractivity contribution is 0.341. The molecule has 104 valence electrons.